The Morgan fingerprint density at radius 3 is 2.38 bits per heavy atom. The number of benzene rings is 3. The average Bonchev–Trinajstić information content (AvgIpc) is 3.49. The summed E-state index contributed by atoms with van der Waals surface area (Å²) < 4.78 is 5.46. The molecule has 4 aromatic rings. The number of aromatic nitrogens is 1. The van der Waals surface area contributed by atoms with Crippen LogP contribution in [-0.4, -0.2) is 34.8 Å². The highest BCUT2D eigenvalue weighted by Crippen LogP contribution is 2.34. The van der Waals surface area contributed by atoms with Crippen LogP contribution in [0.3, 0.4) is 0 Å². The number of H-pyrrole nitrogens is 1. The standard InChI is InChI=1S/C27H24N2O3/c30-26(21-15-16-29(17-21)27(31)32-18-19-9-3-1-4-10-19)24-22-13-7-8-14-23(22)28-25(24)20-11-5-2-6-12-20/h1-14,21,28H,15-18H2. The lowest BCUT2D eigenvalue weighted by Crippen LogP contribution is -2.30. The summed E-state index contributed by atoms with van der Waals surface area (Å²) in [7, 11) is 0. The van der Waals surface area contributed by atoms with Gasteiger partial charge in [0.15, 0.2) is 5.78 Å². The summed E-state index contributed by atoms with van der Waals surface area (Å²) in [5.74, 6) is -0.180. The van der Waals surface area contributed by atoms with Crippen molar-refractivity contribution in [3.05, 3.63) is 96.1 Å². The van der Waals surface area contributed by atoms with Gasteiger partial charge in [-0.05, 0) is 23.6 Å². The normalized spacial score (nSPS) is 15.8. The van der Waals surface area contributed by atoms with E-state index in [2.05, 4.69) is 4.98 Å². The number of hydrogen-bond acceptors (Lipinski definition) is 3. The average molecular weight is 425 g/mol. The number of likely N-dealkylation sites (tertiary alicyclic amines) is 1. The van der Waals surface area contributed by atoms with Gasteiger partial charge in [0.25, 0.3) is 0 Å². The number of ketones is 1. The molecule has 0 aliphatic carbocycles. The van der Waals surface area contributed by atoms with Gasteiger partial charge in [0.2, 0.25) is 0 Å². The molecule has 0 bridgehead atoms. The Hall–Kier alpha value is -3.86. The van der Waals surface area contributed by atoms with Crippen LogP contribution in [0.1, 0.15) is 22.3 Å². The Morgan fingerprint density at radius 1 is 0.906 bits per heavy atom. The van der Waals surface area contributed by atoms with Crippen molar-refractivity contribution < 1.29 is 14.3 Å². The second-order valence-electron chi connectivity index (χ2n) is 8.12. The fraction of sp³-hybridized carbons (Fsp3) is 0.185. The zero-order valence-corrected chi connectivity index (χ0v) is 17.7. The molecule has 0 spiro atoms. The minimum atomic E-state index is -0.369. The molecule has 1 unspecified atom stereocenters. The van der Waals surface area contributed by atoms with E-state index in [1.807, 2.05) is 84.9 Å². The summed E-state index contributed by atoms with van der Waals surface area (Å²) in [6.07, 6.45) is 0.263. The SMILES string of the molecule is O=C(c1c(-c2ccccc2)[nH]c2ccccc12)C1CCN(C(=O)OCc2ccccc2)C1. The van der Waals surface area contributed by atoms with Crippen molar-refractivity contribution in [1.29, 1.82) is 0 Å². The van der Waals surface area contributed by atoms with E-state index in [-0.39, 0.29) is 24.4 Å². The lowest BCUT2D eigenvalue weighted by Gasteiger charge is -2.16. The topological polar surface area (TPSA) is 62.4 Å². The van der Waals surface area contributed by atoms with E-state index in [0.29, 0.717) is 25.1 Å². The van der Waals surface area contributed by atoms with Gasteiger partial charge < -0.3 is 14.6 Å². The number of nitrogens with one attached hydrogen (secondary N) is 1. The van der Waals surface area contributed by atoms with Crippen molar-refractivity contribution in [3.8, 4) is 11.3 Å². The fourth-order valence-electron chi connectivity index (χ4n) is 4.37. The molecule has 1 N–H and O–H groups in total. The van der Waals surface area contributed by atoms with Crippen molar-refractivity contribution in [2.45, 2.75) is 13.0 Å². The summed E-state index contributed by atoms with van der Waals surface area (Å²) in [6, 6.07) is 27.4. The number of aromatic amines is 1. The summed E-state index contributed by atoms with van der Waals surface area (Å²) in [6.45, 7) is 1.13. The molecule has 1 atom stereocenters. The second kappa shape index (κ2) is 8.71. The van der Waals surface area contributed by atoms with Gasteiger partial charge >= 0.3 is 6.09 Å². The first-order valence-electron chi connectivity index (χ1n) is 10.9. The van der Waals surface area contributed by atoms with Crippen LogP contribution in [0.15, 0.2) is 84.9 Å². The Bertz CT molecular complexity index is 1250. The third-order valence-corrected chi connectivity index (χ3v) is 6.04. The molecule has 5 rings (SSSR count). The number of rotatable bonds is 5. The molecule has 3 aromatic carbocycles. The van der Waals surface area contributed by atoms with Crippen LogP contribution in [0.2, 0.25) is 0 Å². The number of amides is 1. The number of fused-ring (bicyclic) bond motifs is 1. The Morgan fingerprint density at radius 2 is 1.59 bits per heavy atom. The minimum Gasteiger partial charge on any atom is -0.445 e. The van der Waals surface area contributed by atoms with E-state index in [4.69, 9.17) is 4.74 Å². The van der Waals surface area contributed by atoms with Crippen molar-refractivity contribution in [3.63, 3.8) is 0 Å². The highest BCUT2D eigenvalue weighted by Gasteiger charge is 2.34. The summed E-state index contributed by atoms with van der Waals surface area (Å²) in [5, 5.41) is 0.918. The van der Waals surface area contributed by atoms with E-state index in [9.17, 15) is 9.59 Å². The number of carbonyl (C=O) groups excluding carboxylic acids is 2. The number of hydrogen-bond donors (Lipinski definition) is 1. The van der Waals surface area contributed by atoms with Crippen LogP contribution in [0, 0.1) is 5.92 Å². The van der Waals surface area contributed by atoms with Gasteiger partial charge in [0.05, 0.1) is 11.3 Å². The number of para-hydroxylation sites is 1. The lowest BCUT2D eigenvalue weighted by molar-refractivity contribution is 0.0903. The molecule has 0 saturated carbocycles. The van der Waals surface area contributed by atoms with Gasteiger partial charge in [-0.2, -0.15) is 0 Å². The van der Waals surface area contributed by atoms with Crippen molar-refractivity contribution in [2.24, 2.45) is 5.92 Å². The first-order valence-corrected chi connectivity index (χ1v) is 10.9. The van der Waals surface area contributed by atoms with Gasteiger partial charge in [-0.3, -0.25) is 4.79 Å². The van der Waals surface area contributed by atoms with Crippen LogP contribution in [-0.2, 0) is 11.3 Å². The third-order valence-electron chi connectivity index (χ3n) is 6.04. The number of ether oxygens (including phenoxy) is 1. The van der Waals surface area contributed by atoms with Crippen LogP contribution in [0.4, 0.5) is 4.79 Å². The van der Waals surface area contributed by atoms with Gasteiger partial charge in [-0.15, -0.1) is 0 Å². The van der Waals surface area contributed by atoms with Crippen LogP contribution < -0.4 is 0 Å². The fourth-order valence-corrected chi connectivity index (χ4v) is 4.37. The molecule has 1 fully saturated rings. The highest BCUT2D eigenvalue weighted by molar-refractivity contribution is 6.14. The molecule has 5 heteroatoms. The number of carbonyl (C=O) groups is 2. The molecule has 1 amide bonds. The molecule has 160 valence electrons. The van der Waals surface area contributed by atoms with E-state index in [1.165, 1.54) is 0 Å². The Balaban J connectivity index is 1.35. The summed E-state index contributed by atoms with van der Waals surface area (Å²) in [4.78, 5) is 31.3. The maximum Gasteiger partial charge on any atom is 0.410 e. The minimum absolute atomic E-state index is 0.0691. The molecular formula is C27H24N2O3. The van der Waals surface area contributed by atoms with E-state index in [0.717, 1.165) is 27.7 Å². The predicted octanol–water partition coefficient (Wildman–Crippen LogP) is 5.68. The maximum atomic E-state index is 13.7. The summed E-state index contributed by atoms with van der Waals surface area (Å²) in [5.41, 5.74) is 4.40. The smallest absolute Gasteiger partial charge is 0.410 e. The first-order chi connectivity index (χ1) is 15.7. The van der Waals surface area contributed by atoms with Crippen LogP contribution in [0.25, 0.3) is 22.2 Å². The zero-order chi connectivity index (χ0) is 21.9. The molecule has 1 aliphatic rings. The first kappa shape index (κ1) is 20.1. The molecule has 32 heavy (non-hydrogen) atoms. The highest BCUT2D eigenvalue weighted by atomic mass is 16.6. The monoisotopic (exact) mass is 424 g/mol. The number of Topliss-reactive ketones (excluding diaryl/α,β-unsaturated/α-hetero) is 1. The van der Waals surface area contributed by atoms with Crippen molar-refractivity contribution in [1.82, 2.24) is 9.88 Å². The van der Waals surface area contributed by atoms with Gasteiger partial charge in [0, 0.05) is 29.9 Å². The maximum absolute atomic E-state index is 13.7. The van der Waals surface area contributed by atoms with Crippen molar-refractivity contribution in [2.75, 3.05) is 13.1 Å². The third kappa shape index (κ3) is 3.89. The molecule has 1 aliphatic heterocycles. The largest absolute Gasteiger partial charge is 0.445 e. The van der Waals surface area contributed by atoms with Gasteiger partial charge in [0.1, 0.15) is 6.61 Å². The van der Waals surface area contributed by atoms with E-state index >= 15 is 0 Å². The predicted molar refractivity (Wildman–Crippen MR) is 124 cm³/mol. The molecule has 0 radical (unpaired) electrons. The van der Waals surface area contributed by atoms with Gasteiger partial charge in [-0.1, -0.05) is 78.9 Å². The van der Waals surface area contributed by atoms with Crippen molar-refractivity contribution >= 4 is 22.8 Å². The Labute approximate surface area is 186 Å². The zero-order valence-electron chi connectivity index (χ0n) is 17.7. The molecule has 5 nitrogen and oxygen atoms in total. The molecule has 1 aromatic heterocycles. The molecule has 1 saturated heterocycles. The quantitative estimate of drug-likeness (QED) is 0.420. The van der Waals surface area contributed by atoms with Crippen LogP contribution >= 0.6 is 0 Å². The van der Waals surface area contributed by atoms with Crippen LogP contribution in [0.5, 0.6) is 0 Å². The Kier molecular flexibility index (Phi) is 5.46. The summed E-state index contributed by atoms with van der Waals surface area (Å²) >= 11 is 0. The molecule has 2 heterocycles. The van der Waals surface area contributed by atoms with E-state index < -0.39 is 0 Å². The second-order valence-corrected chi connectivity index (χ2v) is 8.12. The molecular weight excluding hydrogens is 400 g/mol. The van der Waals surface area contributed by atoms with E-state index in [1.54, 1.807) is 4.90 Å². The number of nitrogens with zero attached hydrogens (tertiary/aromatic N) is 1. The lowest BCUT2D eigenvalue weighted by atomic mass is 9.93. The van der Waals surface area contributed by atoms with Gasteiger partial charge in [-0.25, -0.2) is 4.79 Å².